The van der Waals surface area contributed by atoms with Crippen LogP contribution < -0.4 is 0 Å². The van der Waals surface area contributed by atoms with E-state index in [2.05, 4.69) is 21.1 Å². The van der Waals surface area contributed by atoms with Crippen LogP contribution in [0, 0.1) is 5.92 Å². The molecule has 1 aliphatic rings. The Labute approximate surface area is 141 Å². The highest BCUT2D eigenvalue weighted by Crippen LogP contribution is 2.51. The van der Waals surface area contributed by atoms with E-state index in [-0.39, 0.29) is 11.8 Å². The van der Waals surface area contributed by atoms with E-state index in [1.165, 1.54) is 0 Å². The van der Waals surface area contributed by atoms with E-state index in [1.54, 1.807) is 6.07 Å². The van der Waals surface area contributed by atoms with Crippen molar-refractivity contribution in [2.24, 2.45) is 11.1 Å². The third kappa shape index (κ3) is 3.10. The SMILES string of the molecule is ON=C(c1ccc(Br)cc1)C1CC1c1ccc(Cl)cc1Cl. The second kappa shape index (κ2) is 5.99. The molecule has 5 heteroatoms. The van der Waals surface area contributed by atoms with Gasteiger partial charge >= 0.3 is 0 Å². The molecule has 0 heterocycles. The number of benzene rings is 2. The van der Waals surface area contributed by atoms with Gasteiger partial charge in [0.25, 0.3) is 0 Å². The first-order chi connectivity index (χ1) is 10.1. The maximum atomic E-state index is 9.36. The van der Waals surface area contributed by atoms with E-state index in [1.807, 2.05) is 36.4 Å². The third-order valence-corrected chi connectivity index (χ3v) is 4.84. The van der Waals surface area contributed by atoms with E-state index in [4.69, 9.17) is 23.2 Å². The highest BCUT2D eigenvalue weighted by Gasteiger charge is 2.43. The molecule has 2 unspecified atom stereocenters. The Balaban J connectivity index is 1.84. The van der Waals surface area contributed by atoms with Crippen LogP contribution in [0.2, 0.25) is 10.0 Å². The number of nitrogens with zero attached hydrogens (tertiary/aromatic N) is 1. The number of rotatable bonds is 3. The van der Waals surface area contributed by atoms with Crippen LogP contribution in [-0.2, 0) is 0 Å². The molecule has 1 saturated carbocycles. The number of hydrogen-bond donors (Lipinski definition) is 1. The van der Waals surface area contributed by atoms with Crippen molar-refractivity contribution in [2.45, 2.75) is 12.3 Å². The third-order valence-electron chi connectivity index (χ3n) is 3.75. The summed E-state index contributed by atoms with van der Waals surface area (Å²) < 4.78 is 0.997. The summed E-state index contributed by atoms with van der Waals surface area (Å²) in [5.74, 6) is 0.471. The van der Waals surface area contributed by atoms with Gasteiger partial charge < -0.3 is 5.21 Å². The highest BCUT2D eigenvalue weighted by atomic mass is 79.9. The molecular weight excluding hydrogens is 373 g/mol. The second-order valence-electron chi connectivity index (χ2n) is 5.11. The van der Waals surface area contributed by atoms with Crippen LogP contribution in [-0.4, -0.2) is 10.9 Å². The van der Waals surface area contributed by atoms with Gasteiger partial charge in [-0.3, -0.25) is 0 Å². The van der Waals surface area contributed by atoms with Gasteiger partial charge in [-0.1, -0.05) is 62.5 Å². The fourth-order valence-electron chi connectivity index (χ4n) is 2.61. The molecule has 0 aromatic heterocycles. The lowest BCUT2D eigenvalue weighted by molar-refractivity contribution is 0.317. The maximum absolute atomic E-state index is 9.36. The number of hydrogen-bond acceptors (Lipinski definition) is 2. The molecule has 0 radical (unpaired) electrons. The quantitative estimate of drug-likeness (QED) is 0.408. The first kappa shape index (κ1) is 14.9. The molecule has 2 atom stereocenters. The fourth-order valence-corrected chi connectivity index (χ4v) is 3.42. The first-order valence-corrected chi connectivity index (χ1v) is 8.08. The zero-order valence-corrected chi connectivity index (χ0v) is 14.0. The fraction of sp³-hybridized carbons (Fsp3) is 0.188. The van der Waals surface area contributed by atoms with Gasteiger partial charge in [0.15, 0.2) is 0 Å². The maximum Gasteiger partial charge on any atom is 0.0904 e. The minimum absolute atomic E-state index is 0.190. The van der Waals surface area contributed by atoms with Crippen molar-refractivity contribution in [1.82, 2.24) is 0 Å². The molecule has 3 rings (SSSR count). The van der Waals surface area contributed by atoms with Crippen LogP contribution in [0.4, 0.5) is 0 Å². The van der Waals surface area contributed by atoms with Gasteiger partial charge in [-0.15, -0.1) is 0 Å². The summed E-state index contributed by atoms with van der Waals surface area (Å²) in [7, 11) is 0. The average Bonchev–Trinajstić information content (AvgIpc) is 3.22. The van der Waals surface area contributed by atoms with Crippen LogP contribution in [0.1, 0.15) is 23.5 Å². The minimum atomic E-state index is 0.190. The lowest BCUT2D eigenvalue weighted by atomic mass is 10.0. The van der Waals surface area contributed by atoms with Crippen molar-refractivity contribution in [3.8, 4) is 0 Å². The largest absolute Gasteiger partial charge is 0.411 e. The van der Waals surface area contributed by atoms with Crippen molar-refractivity contribution >= 4 is 44.8 Å². The van der Waals surface area contributed by atoms with Crippen LogP contribution in [0.15, 0.2) is 52.1 Å². The Morgan fingerprint density at radius 2 is 1.86 bits per heavy atom. The molecule has 2 aromatic rings. The smallest absolute Gasteiger partial charge is 0.0904 e. The Morgan fingerprint density at radius 1 is 1.14 bits per heavy atom. The Kier molecular flexibility index (Phi) is 4.25. The molecule has 2 nitrogen and oxygen atoms in total. The van der Waals surface area contributed by atoms with E-state index in [9.17, 15) is 5.21 Å². The normalized spacial score (nSPS) is 21.4. The van der Waals surface area contributed by atoms with E-state index in [0.29, 0.717) is 15.8 Å². The molecule has 1 aliphatic carbocycles. The lowest BCUT2D eigenvalue weighted by Crippen LogP contribution is -2.05. The Hall–Kier alpha value is -1.03. The topological polar surface area (TPSA) is 32.6 Å². The van der Waals surface area contributed by atoms with Crippen LogP contribution in [0.5, 0.6) is 0 Å². The Morgan fingerprint density at radius 3 is 2.48 bits per heavy atom. The van der Waals surface area contributed by atoms with Crippen molar-refractivity contribution in [1.29, 1.82) is 0 Å². The highest BCUT2D eigenvalue weighted by molar-refractivity contribution is 9.10. The molecule has 108 valence electrons. The zero-order valence-electron chi connectivity index (χ0n) is 10.9. The van der Waals surface area contributed by atoms with E-state index < -0.39 is 0 Å². The molecule has 1 N–H and O–H groups in total. The van der Waals surface area contributed by atoms with Crippen molar-refractivity contribution < 1.29 is 5.21 Å². The van der Waals surface area contributed by atoms with Crippen molar-refractivity contribution in [3.63, 3.8) is 0 Å². The predicted molar refractivity (Wildman–Crippen MR) is 89.8 cm³/mol. The summed E-state index contributed by atoms with van der Waals surface area (Å²) in [4.78, 5) is 0. The van der Waals surface area contributed by atoms with Gasteiger partial charge in [0.1, 0.15) is 0 Å². The molecule has 0 amide bonds. The second-order valence-corrected chi connectivity index (χ2v) is 6.87. The monoisotopic (exact) mass is 383 g/mol. The predicted octanol–water partition coefficient (Wildman–Crippen LogP) is 5.74. The van der Waals surface area contributed by atoms with Gasteiger partial charge in [-0.25, -0.2) is 0 Å². The summed E-state index contributed by atoms with van der Waals surface area (Å²) in [6.45, 7) is 0. The van der Waals surface area contributed by atoms with Crippen LogP contribution in [0.25, 0.3) is 0 Å². The summed E-state index contributed by atoms with van der Waals surface area (Å²) in [6.07, 6.45) is 0.927. The molecular formula is C16H12BrCl2NO. The Bertz CT molecular complexity index is 700. The molecule has 0 saturated heterocycles. The summed E-state index contributed by atoms with van der Waals surface area (Å²) in [5, 5.41) is 14.2. The average molecular weight is 385 g/mol. The number of oxime groups is 1. The summed E-state index contributed by atoms with van der Waals surface area (Å²) >= 11 is 15.6. The molecule has 0 bridgehead atoms. The lowest BCUT2D eigenvalue weighted by Gasteiger charge is -2.06. The van der Waals surface area contributed by atoms with Crippen LogP contribution >= 0.6 is 39.1 Å². The summed E-state index contributed by atoms with van der Waals surface area (Å²) in [6, 6.07) is 13.3. The van der Waals surface area contributed by atoms with E-state index in [0.717, 1.165) is 22.0 Å². The molecule has 0 spiro atoms. The molecule has 21 heavy (non-hydrogen) atoms. The standard InChI is InChI=1S/C16H12BrCl2NO/c17-10-3-1-9(2-4-10)16(20-21)14-8-13(14)12-6-5-11(18)7-15(12)19/h1-7,13-14,21H,8H2. The zero-order chi connectivity index (χ0) is 15.0. The van der Waals surface area contributed by atoms with Gasteiger partial charge in [0.05, 0.1) is 5.71 Å². The number of halogens is 3. The molecule has 2 aromatic carbocycles. The van der Waals surface area contributed by atoms with Gasteiger partial charge in [-0.05, 0) is 47.7 Å². The minimum Gasteiger partial charge on any atom is -0.411 e. The van der Waals surface area contributed by atoms with Crippen molar-refractivity contribution in [2.75, 3.05) is 0 Å². The molecule has 1 fully saturated rings. The summed E-state index contributed by atoms with van der Waals surface area (Å²) in [5.41, 5.74) is 2.70. The van der Waals surface area contributed by atoms with Gasteiger partial charge in [-0.2, -0.15) is 0 Å². The van der Waals surface area contributed by atoms with Crippen molar-refractivity contribution in [3.05, 3.63) is 68.1 Å². The molecule has 0 aliphatic heterocycles. The van der Waals surface area contributed by atoms with Crippen LogP contribution in [0.3, 0.4) is 0 Å². The van der Waals surface area contributed by atoms with Gasteiger partial charge in [0, 0.05) is 20.4 Å². The van der Waals surface area contributed by atoms with Gasteiger partial charge in [0.2, 0.25) is 0 Å². The van der Waals surface area contributed by atoms with E-state index >= 15 is 0 Å². The first-order valence-electron chi connectivity index (χ1n) is 6.53.